The molecule has 0 saturated carbocycles. The molecular formula is C21H31N3O. The Hall–Kier alpha value is -1.65. The number of rotatable bonds is 6. The summed E-state index contributed by atoms with van der Waals surface area (Å²) in [5, 5.41) is 0. The van der Waals surface area contributed by atoms with Gasteiger partial charge in [-0.15, -0.1) is 0 Å². The third kappa shape index (κ3) is 5.41. The summed E-state index contributed by atoms with van der Waals surface area (Å²) in [6.07, 6.45) is 7.47. The lowest BCUT2D eigenvalue weighted by Crippen LogP contribution is -2.47. The lowest BCUT2D eigenvalue weighted by atomic mass is 10.2. The number of likely N-dealkylation sites (tertiary alicyclic amines) is 1. The first-order valence-corrected chi connectivity index (χ1v) is 9.68. The molecule has 2 heterocycles. The topological polar surface area (TPSA) is 26.8 Å². The van der Waals surface area contributed by atoms with Gasteiger partial charge in [0.2, 0.25) is 5.91 Å². The van der Waals surface area contributed by atoms with E-state index in [1.165, 1.54) is 18.4 Å². The van der Waals surface area contributed by atoms with Crippen LogP contribution in [0, 0.1) is 0 Å². The predicted molar refractivity (Wildman–Crippen MR) is 103 cm³/mol. The lowest BCUT2D eigenvalue weighted by molar-refractivity contribution is -0.132. The van der Waals surface area contributed by atoms with Crippen molar-refractivity contribution in [2.75, 3.05) is 45.8 Å². The Balaban J connectivity index is 1.33. The molecule has 0 aromatic heterocycles. The minimum atomic E-state index is 0.346. The van der Waals surface area contributed by atoms with Crippen LogP contribution in [0.4, 0.5) is 0 Å². The molecule has 3 rings (SSSR count). The largest absolute Gasteiger partial charge is 0.340 e. The Morgan fingerprint density at radius 2 is 1.80 bits per heavy atom. The molecule has 2 aliphatic rings. The van der Waals surface area contributed by atoms with Crippen molar-refractivity contribution >= 4 is 12.0 Å². The summed E-state index contributed by atoms with van der Waals surface area (Å²) < 4.78 is 0. The van der Waals surface area contributed by atoms with E-state index in [0.29, 0.717) is 18.4 Å². The molecule has 0 N–H and O–H groups in total. The molecule has 0 bridgehead atoms. The van der Waals surface area contributed by atoms with Gasteiger partial charge in [-0.05, 0) is 25.3 Å². The molecule has 0 aliphatic carbocycles. The van der Waals surface area contributed by atoms with Gasteiger partial charge in [0, 0.05) is 58.3 Å². The Bertz CT molecular complexity index is 564. The van der Waals surface area contributed by atoms with Crippen LogP contribution in [0.25, 0.3) is 6.08 Å². The number of carbonyl (C=O) groups is 1. The van der Waals surface area contributed by atoms with Gasteiger partial charge < -0.3 is 9.80 Å². The van der Waals surface area contributed by atoms with Gasteiger partial charge in [0.05, 0.1) is 0 Å². The number of benzene rings is 1. The summed E-state index contributed by atoms with van der Waals surface area (Å²) in [5.74, 6) is 0.346. The van der Waals surface area contributed by atoms with Crippen molar-refractivity contribution in [2.24, 2.45) is 0 Å². The molecule has 2 aliphatic heterocycles. The van der Waals surface area contributed by atoms with Gasteiger partial charge in [-0.3, -0.25) is 9.69 Å². The van der Waals surface area contributed by atoms with E-state index in [0.717, 1.165) is 45.8 Å². The van der Waals surface area contributed by atoms with E-state index >= 15 is 0 Å². The highest BCUT2D eigenvalue weighted by molar-refractivity contribution is 5.77. The van der Waals surface area contributed by atoms with Gasteiger partial charge in [0.1, 0.15) is 0 Å². The molecule has 136 valence electrons. The smallest absolute Gasteiger partial charge is 0.224 e. The number of hydrogen-bond donors (Lipinski definition) is 0. The van der Waals surface area contributed by atoms with E-state index in [1.807, 2.05) is 6.07 Å². The van der Waals surface area contributed by atoms with Crippen LogP contribution in [0.2, 0.25) is 0 Å². The predicted octanol–water partition coefficient (Wildman–Crippen LogP) is 2.72. The monoisotopic (exact) mass is 341 g/mol. The van der Waals surface area contributed by atoms with Crippen LogP contribution in [0.3, 0.4) is 0 Å². The summed E-state index contributed by atoms with van der Waals surface area (Å²) in [4.78, 5) is 19.3. The Morgan fingerprint density at radius 3 is 2.48 bits per heavy atom. The molecule has 4 heteroatoms. The number of piperazine rings is 1. The fourth-order valence-electron chi connectivity index (χ4n) is 3.80. The molecule has 4 nitrogen and oxygen atoms in total. The third-order valence-corrected chi connectivity index (χ3v) is 5.45. The van der Waals surface area contributed by atoms with Crippen LogP contribution in [0.1, 0.15) is 31.7 Å². The van der Waals surface area contributed by atoms with Crippen molar-refractivity contribution in [3.05, 3.63) is 42.0 Å². The van der Waals surface area contributed by atoms with Crippen molar-refractivity contribution in [3.63, 3.8) is 0 Å². The number of hydrogen-bond acceptors (Lipinski definition) is 3. The maximum atomic E-state index is 12.3. The molecule has 2 fully saturated rings. The van der Waals surface area contributed by atoms with Gasteiger partial charge in [0.15, 0.2) is 0 Å². The minimum Gasteiger partial charge on any atom is -0.340 e. The second-order valence-electron chi connectivity index (χ2n) is 7.28. The second kappa shape index (κ2) is 9.16. The Morgan fingerprint density at radius 1 is 1.08 bits per heavy atom. The molecule has 25 heavy (non-hydrogen) atoms. The summed E-state index contributed by atoms with van der Waals surface area (Å²) in [6, 6.07) is 10.9. The van der Waals surface area contributed by atoms with E-state index in [4.69, 9.17) is 0 Å². The van der Waals surface area contributed by atoms with Crippen LogP contribution in [0.5, 0.6) is 0 Å². The molecule has 0 radical (unpaired) electrons. The van der Waals surface area contributed by atoms with Crippen molar-refractivity contribution in [1.29, 1.82) is 0 Å². The summed E-state index contributed by atoms with van der Waals surface area (Å²) in [5.41, 5.74) is 1.26. The highest BCUT2D eigenvalue weighted by Crippen LogP contribution is 2.17. The Kier molecular flexibility index (Phi) is 6.65. The van der Waals surface area contributed by atoms with Crippen LogP contribution in [-0.2, 0) is 4.79 Å². The number of carbonyl (C=O) groups excluding carboxylic acids is 1. The average Bonchev–Trinajstić information content (AvgIpc) is 3.08. The van der Waals surface area contributed by atoms with Gasteiger partial charge in [-0.25, -0.2) is 0 Å². The molecule has 2 saturated heterocycles. The number of amides is 1. The summed E-state index contributed by atoms with van der Waals surface area (Å²) >= 11 is 0. The molecule has 0 unspecified atom stereocenters. The maximum absolute atomic E-state index is 12.3. The zero-order valence-corrected chi connectivity index (χ0v) is 15.4. The zero-order valence-electron chi connectivity index (χ0n) is 15.4. The highest BCUT2D eigenvalue weighted by Gasteiger charge is 2.25. The Labute approximate surface area is 152 Å². The standard InChI is InChI=1S/C21H31N3O/c1-19-7-5-13-24(19)21(25)11-14-23-17-15-22(16-18-23)12-6-10-20-8-3-2-4-9-20/h2-4,6,8-10,19H,5,7,11-18H2,1H3/b10-6+/t19-/m0/s1. The molecule has 1 atom stereocenters. The fourth-order valence-corrected chi connectivity index (χ4v) is 3.80. The van der Waals surface area contributed by atoms with Gasteiger partial charge in [0.25, 0.3) is 0 Å². The van der Waals surface area contributed by atoms with Crippen molar-refractivity contribution < 1.29 is 4.79 Å². The maximum Gasteiger partial charge on any atom is 0.224 e. The first kappa shape index (κ1) is 18.2. The van der Waals surface area contributed by atoms with E-state index in [-0.39, 0.29) is 0 Å². The minimum absolute atomic E-state index is 0.346. The summed E-state index contributed by atoms with van der Waals surface area (Å²) in [6.45, 7) is 9.38. The van der Waals surface area contributed by atoms with E-state index in [2.05, 4.69) is 58.0 Å². The molecule has 1 amide bonds. The van der Waals surface area contributed by atoms with Gasteiger partial charge in [-0.1, -0.05) is 42.5 Å². The van der Waals surface area contributed by atoms with Crippen LogP contribution < -0.4 is 0 Å². The third-order valence-electron chi connectivity index (χ3n) is 5.45. The van der Waals surface area contributed by atoms with Crippen LogP contribution in [-0.4, -0.2) is 72.5 Å². The average molecular weight is 341 g/mol. The van der Waals surface area contributed by atoms with E-state index in [1.54, 1.807) is 0 Å². The fraction of sp³-hybridized carbons (Fsp3) is 0.571. The molecule has 0 spiro atoms. The molecule has 1 aromatic rings. The SMILES string of the molecule is C[C@H]1CCCN1C(=O)CCN1CCN(C/C=C/c2ccccc2)CC1. The van der Waals surface area contributed by atoms with Crippen molar-refractivity contribution in [3.8, 4) is 0 Å². The normalized spacial score (nSPS) is 22.8. The van der Waals surface area contributed by atoms with Gasteiger partial charge >= 0.3 is 0 Å². The highest BCUT2D eigenvalue weighted by atomic mass is 16.2. The molecular weight excluding hydrogens is 310 g/mol. The van der Waals surface area contributed by atoms with E-state index < -0.39 is 0 Å². The quantitative estimate of drug-likeness (QED) is 0.796. The van der Waals surface area contributed by atoms with E-state index in [9.17, 15) is 4.79 Å². The van der Waals surface area contributed by atoms with Crippen molar-refractivity contribution in [2.45, 2.75) is 32.2 Å². The molecule has 1 aromatic carbocycles. The van der Waals surface area contributed by atoms with Crippen LogP contribution >= 0.6 is 0 Å². The second-order valence-corrected chi connectivity index (χ2v) is 7.28. The zero-order chi connectivity index (χ0) is 17.5. The summed E-state index contributed by atoms with van der Waals surface area (Å²) in [7, 11) is 0. The van der Waals surface area contributed by atoms with Gasteiger partial charge in [-0.2, -0.15) is 0 Å². The lowest BCUT2D eigenvalue weighted by Gasteiger charge is -2.34. The first-order chi connectivity index (χ1) is 12.2. The first-order valence-electron chi connectivity index (χ1n) is 9.68. The number of nitrogens with zero attached hydrogens (tertiary/aromatic N) is 3. The van der Waals surface area contributed by atoms with Crippen molar-refractivity contribution in [1.82, 2.24) is 14.7 Å². The van der Waals surface area contributed by atoms with Crippen LogP contribution in [0.15, 0.2) is 36.4 Å².